The first-order chi connectivity index (χ1) is 23.3. The lowest BCUT2D eigenvalue weighted by atomic mass is 9.32. The summed E-state index contributed by atoms with van der Waals surface area (Å²) in [6.45, 7) is 9.44. The summed E-state index contributed by atoms with van der Waals surface area (Å²) in [5.41, 5.74) is 18.7. The van der Waals surface area contributed by atoms with E-state index in [9.17, 15) is 0 Å². The average Bonchev–Trinajstić information content (AvgIpc) is 3.08. The van der Waals surface area contributed by atoms with E-state index in [0.29, 0.717) is 0 Å². The second-order valence-electron chi connectivity index (χ2n) is 17.1. The molecular weight excluding hydrogens is 579 g/mol. The van der Waals surface area contributed by atoms with E-state index in [1.807, 2.05) is 0 Å². The Morgan fingerprint density at radius 1 is 0.583 bits per heavy atom. The molecule has 48 heavy (non-hydrogen) atoms. The summed E-state index contributed by atoms with van der Waals surface area (Å²) in [4.78, 5) is 5.25. The van der Waals surface area contributed by atoms with Crippen molar-refractivity contribution in [2.24, 2.45) is 23.7 Å². The zero-order chi connectivity index (χ0) is 32.1. The van der Waals surface area contributed by atoms with Gasteiger partial charge in [0.2, 0.25) is 0 Å². The lowest BCUT2D eigenvalue weighted by molar-refractivity contribution is -0.0419. The Morgan fingerprint density at radius 3 is 1.88 bits per heavy atom. The van der Waals surface area contributed by atoms with Crippen LogP contribution >= 0.6 is 0 Å². The van der Waals surface area contributed by atoms with Gasteiger partial charge >= 0.3 is 0 Å². The molecule has 12 rings (SSSR count). The zero-order valence-corrected chi connectivity index (χ0v) is 28.6. The SMILES string of the molecule is Cc1cccc2c1B1c3cccc4c3N(c3ccccc3C43C4CC5CC(C4)CC3C5)c3cccc(c31)N2c1ccc(C(C)(C)C)cc1. The third kappa shape index (κ3) is 3.31. The molecule has 7 aliphatic rings. The van der Waals surface area contributed by atoms with Gasteiger partial charge in [0, 0.05) is 33.9 Å². The summed E-state index contributed by atoms with van der Waals surface area (Å²) in [6.07, 6.45) is 7.09. The molecule has 4 saturated carbocycles. The predicted octanol–water partition coefficient (Wildman–Crippen LogP) is 9.43. The molecule has 0 radical (unpaired) electrons. The van der Waals surface area contributed by atoms with Crippen molar-refractivity contribution in [3.63, 3.8) is 0 Å². The van der Waals surface area contributed by atoms with Gasteiger partial charge in [-0.15, -0.1) is 0 Å². The molecule has 2 nitrogen and oxygen atoms in total. The number of benzene rings is 5. The molecule has 0 atom stereocenters. The summed E-state index contributed by atoms with van der Waals surface area (Å²) in [5.74, 6) is 3.34. The van der Waals surface area contributed by atoms with Crippen LogP contribution in [0.5, 0.6) is 0 Å². The molecule has 0 amide bonds. The Morgan fingerprint density at radius 2 is 1.17 bits per heavy atom. The third-order valence-electron chi connectivity index (χ3n) is 13.7. The Balaban J connectivity index is 1.20. The fourth-order valence-corrected chi connectivity index (χ4v) is 12.2. The van der Waals surface area contributed by atoms with Crippen LogP contribution in [0, 0.1) is 30.6 Å². The molecule has 3 aliphatic heterocycles. The van der Waals surface area contributed by atoms with E-state index in [0.717, 1.165) is 23.7 Å². The molecule has 1 spiro atoms. The first kappa shape index (κ1) is 27.7. The van der Waals surface area contributed by atoms with Crippen molar-refractivity contribution in [1.29, 1.82) is 0 Å². The number of para-hydroxylation sites is 2. The minimum atomic E-state index is 0.115. The van der Waals surface area contributed by atoms with Crippen molar-refractivity contribution in [2.45, 2.75) is 70.6 Å². The maximum absolute atomic E-state index is 2.70. The highest BCUT2D eigenvalue weighted by molar-refractivity contribution is 7.00. The van der Waals surface area contributed by atoms with Crippen LogP contribution in [0.25, 0.3) is 0 Å². The first-order valence-electron chi connectivity index (χ1n) is 18.5. The van der Waals surface area contributed by atoms with Crippen LogP contribution in [0.3, 0.4) is 0 Å². The highest BCUT2D eigenvalue weighted by Crippen LogP contribution is 2.69. The van der Waals surface area contributed by atoms with Gasteiger partial charge in [0.25, 0.3) is 6.71 Å². The molecule has 4 bridgehead atoms. The molecule has 5 aromatic carbocycles. The topological polar surface area (TPSA) is 6.48 Å². The monoisotopic (exact) mass is 622 g/mol. The van der Waals surface area contributed by atoms with E-state index < -0.39 is 0 Å². The molecule has 0 saturated heterocycles. The highest BCUT2D eigenvalue weighted by Gasteiger charge is 2.62. The predicted molar refractivity (Wildman–Crippen MR) is 202 cm³/mol. The Hall–Kier alpha value is -4.24. The van der Waals surface area contributed by atoms with Gasteiger partial charge in [-0.05, 0) is 138 Å². The second kappa shape index (κ2) is 9.26. The van der Waals surface area contributed by atoms with E-state index in [-0.39, 0.29) is 17.5 Å². The number of anilines is 6. The highest BCUT2D eigenvalue weighted by atomic mass is 15.2. The van der Waals surface area contributed by atoms with Crippen LogP contribution in [0.15, 0.2) is 103 Å². The summed E-state index contributed by atoms with van der Waals surface area (Å²) >= 11 is 0. The van der Waals surface area contributed by atoms with E-state index in [1.165, 1.54) is 93.7 Å². The Kier molecular flexibility index (Phi) is 5.34. The molecule has 236 valence electrons. The van der Waals surface area contributed by atoms with Crippen LogP contribution in [-0.4, -0.2) is 6.71 Å². The summed E-state index contributed by atoms with van der Waals surface area (Å²) in [7, 11) is 0. The van der Waals surface area contributed by atoms with Gasteiger partial charge in [0.05, 0.1) is 5.69 Å². The van der Waals surface area contributed by atoms with Crippen molar-refractivity contribution in [2.75, 3.05) is 9.80 Å². The third-order valence-corrected chi connectivity index (χ3v) is 13.7. The molecule has 3 heteroatoms. The quantitative estimate of drug-likeness (QED) is 0.168. The average molecular weight is 623 g/mol. The van der Waals surface area contributed by atoms with E-state index in [1.54, 1.807) is 11.1 Å². The maximum Gasteiger partial charge on any atom is 0.252 e. The van der Waals surface area contributed by atoms with E-state index >= 15 is 0 Å². The molecule has 4 aliphatic carbocycles. The fraction of sp³-hybridized carbons (Fsp3) is 0.333. The molecule has 5 aromatic rings. The Labute approximate surface area is 285 Å². The number of hydrogen-bond donors (Lipinski definition) is 0. The van der Waals surface area contributed by atoms with Gasteiger partial charge in [-0.3, -0.25) is 0 Å². The zero-order valence-electron chi connectivity index (χ0n) is 28.6. The standard InChI is InChI=1S/C45H43BN2/c1-27-10-7-15-38-41(27)46-36-13-8-12-35-43(36)48(37-14-6-5-11-34(37)45(35)31-23-28-22-29(25-31)26-32(45)24-28)40-17-9-16-39(42(40)46)47(38)33-20-18-30(19-21-33)44(2,3)4/h5-21,28-29,31-32H,22-26H2,1-4H3. The van der Waals surface area contributed by atoms with Crippen LogP contribution in [0.4, 0.5) is 34.1 Å². The first-order valence-corrected chi connectivity index (χ1v) is 18.5. The second-order valence-corrected chi connectivity index (χ2v) is 17.1. The van der Waals surface area contributed by atoms with Gasteiger partial charge in [0.1, 0.15) is 0 Å². The number of rotatable bonds is 1. The molecule has 0 unspecified atom stereocenters. The summed E-state index contributed by atoms with van der Waals surface area (Å²) in [6, 6.07) is 40.5. The Bertz CT molecular complexity index is 2140. The van der Waals surface area contributed by atoms with Gasteiger partial charge < -0.3 is 9.80 Å². The largest absolute Gasteiger partial charge is 0.311 e. The lowest BCUT2D eigenvalue weighted by Gasteiger charge is -2.64. The van der Waals surface area contributed by atoms with Crippen molar-refractivity contribution in [1.82, 2.24) is 0 Å². The number of aryl methyl sites for hydroxylation is 1. The van der Waals surface area contributed by atoms with Crippen molar-refractivity contribution >= 4 is 57.2 Å². The van der Waals surface area contributed by atoms with Crippen LogP contribution in [-0.2, 0) is 10.8 Å². The summed E-state index contributed by atoms with van der Waals surface area (Å²) < 4.78 is 0. The maximum atomic E-state index is 2.70. The van der Waals surface area contributed by atoms with Crippen LogP contribution in [0.1, 0.15) is 75.1 Å². The van der Waals surface area contributed by atoms with Gasteiger partial charge in [0.15, 0.2) is 0 Å². The molecule has 4 fully saturated rings. The molecule has 0 N–H and O–H groups in total. The van der Waals surface area contributed by atoms with Crippen molar-refractivity contribution in [3.8, 4) is 0 Å². The van der Waals surface area contributed by atoms with Gasteiger partial charge in [-0.2, -0.15) is 0 Å². The van der Waals surface area contributed by atoms with Gasteiger partial charge in [-0.1, -0.05) is 93.1 Å². The van der Waals surface area contributed by atoms with Crippen LogP contribution in [0.2, 0.25) is 0 Å². The van der Waals surface area contributed by atoms with E-state index in [2.05, 4.69) is 141 Å². The fourth-order valence-electron chi connectivity index (χ4n) is 12.2. The van der Waals surface area contributed by atoms with Crippen LogP contribution < -0.4 is 26.2 Å². The summed E-state index contributed by atoms with van der Waals surface area (Å²) in [5, 5.41) is 0. The molecule has 3 heterocycles. The number of nitrogens with zero attached hydrogens (tertiary/aromatic N) is 2. The smallest absolute Gasteiger partial charge is 0.252 e. The van der Waals surface area contributed by atoms with E-state index in [4.69, 9.17) is 0 Å². The minimum absolute atomic E-state index is 0.115. The number of fused-ring (bicyclic) bond motifs is 6. The molecule has 0 aromatic heterocycles. The van der Waals surface area contributed by atoms with Gasteiger partial charge in [-0.25, -0.2) is 0 Å². The molecular formula is C45H43BN2. The lowest BCUT2D eigenvalue weighted by Crippen LogP contribution is -2.64. The van der Waals surface area contributed by atoms with Crippen molar-refractivity contribution in [3.05, 3.63) is 125 Å². The normalized spacial score (nSPS) is 26.7. The minimum Gasteiger partial charge on any atom is -0.311 e. The number of hydrogen-bond acceptors (Lipinski definition) is 2. The van der Waals surface area contributed by atoms with Crippen molar-refractivity contribution < 1.29 is 0 Å².